The first-order valence-electron chi connectivity index (χ1n) is 3.38. The predicted octanol–water partition coefficient (Wildman–Crippen LogP) is 1.43. The average molecular weight is 149 g/mol. The van der Waals surface area contributed by atoms with Crippen molar-refractivity contribution in [2.24, 2.45) is 0 Å². The minimum Gasteiger partial charge on any atom is -0.421 e. The van der Waals surface area contributed by atoms with Gasteiger partial charge in [0.1, 0.15) is 0 Å². The van der Waals surface area contributed by atoms with Gasteiger partial charge in [-0.1, -0.05) is 30.3 Å². The van der Waals surface area contributed by atoms with Gasteiger partial charge in [0.05, 0.1) is 0 Å². The number of ether oxygens (including phenoxy) is 1. The zero-order chi connectivity index (χ0) is 7.68. The fraction of sp³-hybridized carbons (Fsp3) is 0.125. The number of amides is 1. The van der Waals surface area contributed by atoms with E-state index in [-0.39, 0.29) is 12.3 Å². The molecule has 0 bridgehead atoms. The van der Waals surface area contributed by atoms with Gasteiger partial charge in [-0.25, -0.2) is 4.79 Å². The molecule has 1 fully saturated rings. The van der Waals surface area contributed by atoms with Crippen molar-refractivity contribution in [3.8, 4) is 0 Å². The summed E-state index contributed by atoms with van der Waals surface area (Å²) < 4.78 is 4.78. The number of rotatable bonds is 1. The zero-order valence-electron chi connectivity index (χ0n) is 5.78. The second-order valence-electron chi connectivity index (χ2n) is 2.34. The molecule has 0 unspecified atom stereocenters. The lowest BCUT2D eigenvalue weighted by atomic mass is 10.2. The van der Waals surface area contributed by atoms with Gasteiger partial charge in [0.25, 0.3) is 0 Å². The zero-order valence-corrected chi connectivity index (χ0v) is 5.78. The van der Waals surface area contributed by atoms with Crippen LogP contribution in [0.15, 0.2) is 30.3 Å². The van der Waals surface area contributed by atoms with E-state index in [1.807, 2.05) is 30.3 Å². The summed E-state index contributed by atoms with van der Waals surface area (Å²) >= 11 is 0. The van der Waals surface area contributed by atoms with Gasteiger partial charge in [0.2, 0.25) is 6.23 Å². The quantitative estimate of drug-likeness (QED) is 0.655. The third kappa shape index (κ3) is 1.05. The smallest absolute Gasteiger partial charge is 0.412 e. The van der Waals surface area contributed by atoms with E-state index in [0.717, 1.165) is 5.56 Å². The number of carbonyl (C=O) groups excluding carboxylic acids is 1. The maximum Gasteiger partial charge on any atom is 0.412 e. The van der Waals surface area contributed by atoms with Crippen LogP contribution in [-0.4, -0.2) is 6.09 Å². The lowest BCUT2D eigenvalue weighted by Gasteiger charge is -2.27. The highest BCUT2D eigenvalue weighted by molar-refractivity contribution is 5.72. The molecule has 1 N–H and O–H groups in total. The fourth-order valence-corrected chi connectivity index (χ4v) is 0.999. The van der Waals surface area contributed by atoms with Crippen molar-refractivity contribution in [3.05, 3.63) is 35.9 Å². The second-order valence-corrected chi connectivity index (χ2v) is 2.34. The number of cyclic esters (lactones) is 1. The minimum absolute atomic E-state index is 0.233. The topological polar surface area (TPSA) is 38.3 Å². The highest BCUT2D eigenvalue weighted by atomic mass is 16.6. The molecule has 1 aromatic carbocycles. The van der Waals surface area contributed by atoms with Crippen molar-refractivity contribution in [2.75, 3.05) is 0 Å². The maximum absolute atomic E-state index is 10.3. The molecule has 2 rings (SSSR count). The van der Waals surface area contributed by atoms with Crippen LogP contribution < -0.4 is 5.32 Å². The summed E-state index contributed by atoms with van der Waals surface area (Å²) in [6, 6.07) is 9.55. The summed E-state index contributed by atoms with van der Waals surface area (Å²) in [5, 5.41) is 2.60. The molecule has 0 aliphatic carbocycles. The summed E-state index contributed by atoms with van der Waals surface area (Å²) in [6.45, 7) is 0. The number of carbonyl (C=O) groups is 1. The molecule has 1 aliphatic rings. The monoisotopic (exact) mass is 149 g/mol. The van der Waals surface area contributed by atoms with Crippen molar-refractivity contribution in [1.29, 1.82) is 0 Å². The van der Waals surface area contributed by atoms with E-state index >= 15 is 0 Å². The lowest BCUT2D eigenvalue weighted by molar-refractivity contribution is 0.0123. The van der Waals surface area contributed by atoms with Crippen molar-refractivity contribution in [2.45, 2.75) is 6.23 Å². The van der Waals surface area contributed by atoms with E-state index in [9.17, 15) is 4.79 Å². The van der Waals surface area contributed by atoms with E-state index in [0.29, 0.717) is 0 Å². The summed E-state index contributed by atoms with van der Waals surface area (Å²) in [5.41, 5.74) is 0.979. The molecule has 3 nitrogen and oxygen atoms in total. The Balaban J connectivity index is 2.13. The van der Waals surface area contributed by atoms with Crippen molar-refractivity contribution < 1.29 is 9.53 Å². The Hall–Kier alpha value is -1.51. The Morgan fingerprint density at radius 2 is 1.91 bits per heavy atom. The first-order chi connectivity index (χ1) is 5.36. The maximum atomic E-state index is 10.3. The van der Waals surface area contributed by atoms with Gasteiger partial charge in [-0.15, -0.1) is 0 Å². The second kappa shape index (κ2) is 2.27. The van der Waals surface area contributed by atoms with Gasteiger partial charge in [0.15, 0.2) is 0 Å². The van der Waals surface area contributed by atoms with Crippen LogP contribution in [0.1, 0.15) is 11.8 Å². The van der Waals surface area contributed by atoms with E-state index in [1.54, 1.807) is 0 Å². The van der Waals surface area contributed by atoms with Crippen LogP contribution in [0.3, 0.4) is 0 Å². The molecular weight excluding hydrogens is 142 g/mol. The van der Waals surface area contributed by atoms with Crippen LogP contribution in [0.4, 0.5) is 4.79 Å². The summed E-state index contributed by atoms with van der Waals surface area (Å²) in [7, 11) is 0. The molecule has 0 radical (unpaired) electrons. The molecule has 0 aromatic heterocycles. The third-order valence-electron chi connectivity index (χ3n) is 1.58. The molecule has 3 heteroatoms. The molecule has 0 spiro atoms. The van der Waals surface area contributed by atoms with Crippen LogP contribution in [-0.2, 0) is 4.74 Å². The molecule has 1 heterocycles. The fourth-order valence-electron chi connectivity index (χ4n) is 0.999. The molecule has 1 aliphatic heterocycles. The molecule has 1 amide bonds. The first kappa shape index (κ1) is 6.22. The van der Waals surface area contributed by atoms with Crippen LogP contribution in [0.25, 0.3) is 0 Å². The molecule has 1 atom stereocenters. The van der Waals surface area contributed by atoms with Gasteiger partial charge in [0, 0.05) is 5.56 Å². The average Bonchev–Trinajstić information content (AvgIpc) is 2.01. The van der Waals surface area contributed by atoms with Gasteiger partial charge < -0.3 is 4.74 Å². The minimum atomic E-state index is -0.348. The highest BCUT2D eigenvalue weighted by Crippen LogP contribution is 2.20. The van der Waals surface area contributed by atoms with Crippen molar-refractivity contribution in [1.82, 2.24) is 5.32 Å². The number of hydrogen-bond donors (Lipinski definition) is 1. The van der Waals surface area contributed by atoms with Crippen molar-refractivity contribution in [3.63, 3.8) is 0 Å². The SMILES string of the molecule is O=C1N[C@H](c2ccccc2)O1. The van der Waals surface area contributed by atoms with Gasteiger partial charge >= 0.3 is 6.09 Å². The normalized spacial score (nSPS) is 21.5. The van der Waals surface area contributed by atoms with Crippen LogP contribution >= 0.6 is 0 Å². The van der Waals surface area contributed by atoms with Gasteiger partial charge in [-0.2, -0.15) is 0 Å². The number of hydrogen-bond acceptors (Lipinski definition) is 2. The van der Waals surface area contributed by atoms with Crippen LogP contribution in [0.5, 0.6) is 0 Å². The Bertz CT molecular complexity index is 263. The van der Waals surface area contributed by atoms with Crippen molar-refractivity contribution >= 4 is 6.09 Å². The van der Waals surface area contributed by atoms with Gasteiger partial charge in [-0.3, -0.25) is 5.32 Å². The summed E-state index contributed by atoms with van der Waals surface area (Å²) in [6.07, 6.45) is -0.581. The number of benzene rings is 1. The predicted molar refractivity (Wildman–Crippen MR) is 38.8 cm³/mol. The molecular formula is C8H7NO2. The van der Waals surface area contributed by atoms with E-state index in [4.69, 9.17) is 4.74 Å². The Kier molecular flexibility index (Phi) is 1.28. The van der Waals surface area contributed by atoms with Gasteiger partial charge in [-0.05, 0) is 0 Å². The molecule has 56 valence electrons. The molecule has 0 saturated carbocycles. The Morgan fingerprint density at radius 1 is 1.27 bits per heavy atom. The summed E-state index contributed by atoms with van der Waals surface area (Å²) in [4.78, 5) is 10.3. The summed E-state index contributed by atoms with van der Waals surface area (Å²) in [5.74, 6) is 0. The largest absolute Gasteiger partial charge is 0.421 e. The molecule has 1 aromatic rings. The third-order valence-corrected chi connectivity index (χ3v) is 1.58. The molecule has 1 saturated heterocycles. The van der Waals surface area contributed by atoms with Crippen LogP contribution in [0.2, 0.25) is 0 Å². The molecule has 11 heavy (non-hydrogen) atoms. The van der Waals surface area contributed by atoms with E-state index < -0.39 is 0 Å². The highest BCUT2D eigenvalue weighted by Gasteiger charge is 2.27. The Morgan fingerprint density at radius 3 is 2.45 bits per heavy atom. The first-order valence-corrected chi connectivity index (χ1v) is 3.38. The van der Waals surface area contributed by atoms with Crippen LogP contribution in [0, 0.1) is 0 Å². The number of nitrogens with one attached hydrogen (secondary N) is 1. The standard InChI is InChI=1S/C8H7NO2/c10-8-9-7(11-8)6-4-2-1-3-5-6/h1-5,7H,(H,9,10)/t7-/m0/s1. The van der Waals surface area contributed by atoms with E-state index in [1.165, 1.54) is 0 Å². The van der Waals surface area contributed by atoms with E-state index in [2.05, 4.69) is 5.32 Å². The lowest BCUT2D eigenvalue weighted by Crippen LogP contribution is -2.43. The Labute approximate surface area is 64.0 Å².